The fourth-order valence-electron chi connectivity index (χ4n) is 5.26. The van der Waals surface area contributed by atoms with E-state index in [-0.39, 0.29) is 0 Å². The van der Waals surface area contributed by atoms with Crippen molar-refractivity contribution in [1.82, 2.24) is 15.0 Å². The number of rotatable bonds is 7. The molecule has 0 amide bonds. The molecular weight excluding hydrogens is 497 g/mol. The zero-order valence-electron chi connectivity index (χ0n) is 23.0. The third kappa shape index (κ3) is 5.92. The standard InChI is InChI=1S/C32H35F3N4/c1-6-22-11-10-12-23(7-2)28(22)17-24-14-16-39(31-37-18-25(19-38-31)32(33,34)35)20-29(24)21(5)26(8-3)27-13-15-36-30(27)9-4/h8-13,15,17-19,36H,4,6-7,14,16,20H2,1-3,5H3/b24-17-,26-8-,29-21+. The van der Waals surface area contributed by atoms with E-state index < -0.39 is 11.7 Å². The summed E-state index contributed by atoms with van der Waals surface area (Å²) >= 11 is 0. The van der Waals surface area contributed by atoms with Gasteiger partial charge in [-0.3, -0.25) is 0 Å². The summed E-state index contributed by atoms with van der Waals surface area (Å²) in [6.45, 7) is 13.5. The molecule has 39 heavy (non-hydrogen) atoms. The molecule has 0 unspecified atom stereocenters. The number of benzene rings is 1. The normalized spacial score (nSPS) is 17.1. The molecule has 1 aliphatic rings. The van der Waals surface area contributed by atoms with Gasteiger partial charge in [0, 0.05) is 42.9 Å². The molecule has 3 aromatic rings. The smallest absolute Gasteiger partial charge is 0.361 e. The highest BCUT2D eigenvalue weighted by Gasteiger charge is 2.32. The Bertz CT molecular complexity index is 1400. The maximum atomic E-state index is 13.1. The molecule has 4 rings (SSSR count). The summed E-state index contributed by atoms with van der Waals surface area (Å²) in [5.41, 5.74) is 9.56. The number of H-pyrrole nitrogens is 1. The lowest BCUT2D eigenvalue weighted by molar-refractivity contribution is -0.138. The number of nitrogens with one attached hydrogen (secondary N) is 1. The van der Waals surface area contributed by atoms with Gasteiger partial charge < -0.3 is 9.88 Å². The number of aromatic nitrogens is 3. The molecule has 0 aliphatic carbocycles. The average molecular weight is 533 g/mol. The molecule has 4 nitrogen and oxygen atoms in total. The van der Waals surface area contributed by atoms with Gasteiger partial charge in [0.05, 0.1) is 5.56 Å². The maximum Gasteiger partial charge on any atom is 0.419 e. The van der Waals surface area contributed by atoms with Crippen molar-refractivity contribution in [1.29, 1.82) is 0 Å². The number of piperidine rings is 1. The summed E-state index contributed by atoms with van der Waals surface area (Å²) < 4.78 is 39.3. The van der Waals surface area contributed by atoms with Crippen molar-refractivity contribution in [3.63, 3.8) is 0 Å². The second-order valence-corrected chi connectivity index (χ2v) is 9.62. The third-order valence-corrected chi connectivity index (χ3v) is 7.42. The molecule has 1 fully saturated rings. The summed E-state index contributed by atoms with van der Waals surface area (Å²) in [6, 6.07) is 8.52. The minimum atomic E-state index is -4.47. The van der Waals surface area contributed by atoms with Crippen LogP contribution in [0.3, 0.4) is 0 Å². The van der Waals surface area contributed by atoms with Gasteiger partial charge in [-0.25, -0.2) is 9.97 Å². The van der Waals surface area contributed by atoms with E-state index in [9.17, 15) is 13.2 Å². The highest BCUT2D eigenvalue weighted by atomic mass is 19.4. The van der Waals surface area contributed by atoms with E-state index in [4.69, 9.17) is 0 Å². The van der Waals surface area contributed by atoms with Crippen LogP contribution in [0.1, 0.15) is 67.6 Å². The molecule has 1 aromatic carbocycles. The topological polar surface area (TPSA) is 44.8 Å². The van der Waals surface area contributed by atoms with Crippen molar-refractivity contribution >= 4 is 23.7 Å². The Morgan fingerprint density at radius 3 is 2.33 bits per heavy atom. The van der Waals surface area contributed by atoms with Gasteiger partial charge in [-0.1, -0.05) is 50.8 Å². The summed E-state index contributed by atoms with van der Waals surface area (Å²) in [6.07, 6.45) is 7.97. The molecule has 0 radical (unpaired) electrons. The number of anilines is 1. The largest absolute Gasteiger partial charge is 0.419 e. The van der Waals surface area contributed by atoms with Crippen molar-refractivity contribution in [2.24, 2.45) is 0 Å². The number of hydrogen-bond acceptors (Lipinski definition) is 3. The van der Waals surface area contributed by atoms with Crippen LogP contribution in [0.5, 0.6) is 0 Å². The molecule has 0 saturated carbocycles. The summed E-state index contributed by atoms with van der Waals surface area (Å²) in [5, 5.41) is 0. The molecule has 1 N–H and O–H groups in total. The number of hydrogen-bond donors (Lipinski definition) is 1. The van der Waals surface area contributed by atoms with E-state index in [0.717, 1.165) is 59.6 Å². The quantitative estimate of drug-likeness (QED) is 0.333. The lowest BCUT2D eigenvalue weighted by atomic mass is 9.85. The van der Waals surface area contributed by atoms with Gasteiger partial charge in [0.25, 0.3) is 0 Å². The van der Waals surface area contributed by atoms with E-state index >= 15 is 0 Å². The number of aromatic amines is 1. The molecule has 2 aromatic heterocycles. The number of alkyl halides is 3. The highest BCUT2D eigenvalue weighted by Crippen LogP contribution is 2.37. The third-order valence-electron chi connectivity index (χ3n) is 7.42. The minimum absolute atomic E-state index is 0.297. The van der Waals surface area contributed by atoms with Crippen molar-refractivity contribution in [3.05, 3.63) is 106 Å². The Hall–Kier alpha value is -3.87. The van der Waals surface area contributed by atoms with Crippen LogP contribution < -0.4 is 4.90 Å². The lowest BCUT2D eigenvalue weighted by Gasteiger charge is -2.33. The maximum absolute atomic E-state index is 13.1. The fraction of sp³-hybridized carbons (Fsp3) is 0.312. The molecule has 3 heterocycles. The number of halogens is 3. The van der Waals surface area contributed by atoms with Crippen LogP contribution in [0, 0.1) is 0 Å². The minimum Gasteiger partial charge on any atom is -0.361 e. The molecule has 0 bridgehead atoms. The van der Waals surface area contributed by atoms with Crippen LogP contribution in [-0.4, -0.2) is 28.0 Å². The Kier molecular flexibility index (Phi) is 8.58. The Labute approximate surface area is 228 Å². The van der Waals surface area contributed by atoms with E-state index in [0.29, 0.717) is 19.0 Å². The monoisotopic (exact) mass is 532 g/mol. The zero-order valence-corrected chi connectivity index (χ0v) is 23.0. The molecule has 7 heteroatoms. The SMILES string of the molecule is C=Cc1[nH]ccc1C(=C\C)/C(C)=C1\CN(c2ncc(C(F)(F)F)cn2)CC\C1=C\c1c(CC)cccc1CC. The van der Waals surface area contributed by atoms with Crippen LogP contribution in [-0.2, 0) is 19.0 Å². The van der Waals surface area contributed by atoms with E-state index in [1.165, 1.54) is 22.3 Å². The summed E-state index contributed by atoms with van der Waals surface area (Å²) in [5.74, 6) is 0.297. The number of nitrogens with zero attached hydrogens (tertiary/aromatic N) is 3. The summed E-state index contributed by atoms with van der Waals surface area (Å²) in [4.78, 5) is 13.4. The van der Waals surface area contributed by atoms with E-state index in [1.54, 1.807) is 0 Å². The van der Waals surface area contributed by atoms with Gasteiger partial charge in [0.1, 0.15) is 0 Å². The van der Waals surface area contributed by atoms with E-state index in [1.807, 2.05) is 30.2 Å². The summed E-state index contributed by atoms with van der Waals surface area (Å²) in [7, 11) is 0. The average Bonchev–Trinajstić information content (AvgIpc) is 3.41. The van der Waals surface area contributed by atoms with Crippen LogP contribution in [0.2, 0.25) is 0 Å². The lowest BCUT2D eigenvalue weighted by Crippen LogP contribution is -2.34. The first-order valence-corrected chi connectivity index (χ1v) is 13.3. The fourth-order valence-corrected chi connectivity index (χ4v) is 5.26. The molecule has 1 aliphatic heterocycles. The first-order chi connectivity index (χ1) is 18.7. The predicted octanol–water partition coefficient (Wildman–Crippen LogP) is 8.31. The van der Waals surface area contributed by atoms with Gasteiger partial charge in [-0.15, -0.1) is 0 Å². The molecule has 204 valence electrons. The zero-order chi connectivity index (χ0) is 28.2. The van der Waals surface area contributed by atoms with Gasteiger partial charge in [-0.2, -0.15) is 13.2 Å². The predicted molar refractivity (Wildman–Crippen MR) is 154 cm³/mol. The van der Waals surface area contributed by atoms with Crippen molar-refractivity contribution < 1.29 is 13.2 Å². The van der Waals surface area contributed by atoms with Crippen LogP contribution in [0.15, 0.2) is 72.2 Å². The molecule has 1 saturated heterocycles. The first kappa shape index (κ1) is 28.1. The second kappa shape index (κ2) is 11.9. The number of allylic oxidation sites excluding steroid dienone is 3. The van der Waals surface area contributed by atoms with Crippen molar-refractivity contribution in [2.75, 3.05) is 18.0 Å². The van der Waals surface area contributed by atoms with Gasteiger partial charge in [0.2, 0.25) is 5.95 Å². The second-order valence-electron chi connectivity index (χ2n) is 9.62. The highest BCUT2D eigenvalue weighted by molar-refractivity contribution is 5.85. The van der Waals surface area contributed by atoms with Gasteiger partial charge in [0.15, 0.2) is 0 Å². The van der Waals surface area contributed by atoms with Gasteiger partial charge in [-0.05, 0) is 84.2 Å². The van der Waals surface area contributed by atoms with Crippen molar-refractivity contribution in [3.8, 4) is 0 Å². The molecular formula is C32H35F3N4. The Morgan fingerprint density at radius 2 is 1.77 bits per heavy atom. The Balaban J connectivity index is 1.84. The Morgan fingerprint density at radius 1 is 1.10 bits per heavy atom. The van der Waals surface area contributed by atoms with Crippen LogP contribution >= 0.6 is 0 Å². The van der Waals surface area contributed by atoms with Crippen molar-refractivity contribution in [2.45, 2.75) is 53.1 Å². The number of aryl methyl sites for hydroxylation is 2. The van der Waals surface area contributed by atoms with Gasteiger partial charge >= 0.3 is 6.18 Å². The molecule has 0 atom stereocenters. The van der Waals surface area contributed by atoms with Crippen LogP contribution in [0.25, 0.3) is 17.7 Å². The molecule has 0 spiro atoms. The van der Waals surface area contributed by atoms with E-state index in [2.05, 4.69) is 72.7 Å². The van der Waals surface area contributed by atoms with Crippen LogP contribution in [0.4, 0.5) is 19.1 Å². The first-order valence-electron chi connectivity index (χ1n) is 13.3.